The van der Waals surface area contributed by atoms with Crippen molar-refractivity contribution in [3.05, 3.63) is 88.7 Å². The van der Waals surface area contributed by atoms with Crippen LogP contribution in [0.25, 0.3) is 10.8 Å². The Morgan fingerprint density at radius 2 is 1.43 bits per heavy atom. The Labute approximate surface area is 161 Å². The van der Waals surface area contributed by atoms with E-state index in [2.05, 4.69) is 20.6 Å². The summed E-state index contributed by atoms with van der Waals surface area (Å²) >= 11 is 0. The van der Waals surface area contributed by atoms with Gasteiger partial charge in [0.15, 0.2) is 0 Å². The lowest BCUT2D eigenvalue weighted by Gasteiger charge is -2.12. The van der Waals surface area contributed by atoms with E-state index in [0.29, 0.717) is 0 Å². The summed E-state index contributed by atoms with van der Waals surface area (Å²) in [5.74, 6) is 0.268. The molecule has 0 aliphatic carbocycles. The fourth-order valence-corrected chi connectivity index (χ4v) is 3.04. The molecule has 0 aliphatic rings. The van der Waals surface area contributed by atoms with Gasteiger partial charge in [-0.1, -0.05) is 54.6 Å². The van der Waals surface area contributed by atoms with E-state index in [4.69, 9.17) is 0 Å². The minimum atomic E-state index is -0.478. The van der Waals surface area contributed by atoms with Crippen molar-refractivity contribution < 1.29 is 4.92 Å². The normalized spacial score (nSPS) is 10.6. The van der Waals surface area contributed by atoms with Gasteiger partial charge in [0.25, 0.3) is 0 Å². The third kappa shape index (κ3) is 3.33. The molecule has 7 heteroatoms. The number of para-hydroxylation sites is 1. The number of anilines is 4. The van der Waals surface area contributed by atoms with E-state index in [-0.39, 0.29) is 17.3 Å². The fourth-order valence-electron chi connectivity index (χ4n) is 3.04. The zero-order valence-electron chi connectivity index (χ0n) is 15.1. The van der Waals surface area contributed by atoms with Gasteiger partial charge in [0.2, 0.25) is 11.6 Å². The third-order valence-electron chi connectivity index (χ3n) is 4.45. The van der Waals surface area contributed by atoms with Crippen LogP contribution < -0.4 is 10.6 Å². The Balaban J connectivity index is 1.77. The number of benzene rings is 3. The highest BCUT2D eigenvalue weighted by atomic mass is 16.6. The third-order valence-corrected chi connectivity index (χ3v) is 4.45. The van der Waals surface area contributed by atoms with Gasteiger partial charge in [-0.2, -0.15) is 0 Å². The van der Waals surface area contributed by atoms with Crippen LogP contribution in [0.4, 0.5) is 28.7 Å². The zero-order chi connectivity index (χ0) is 19.5. The second-order valence-electron chi connectivity index (χ2n) is 6.27. The van der Waals surface area contributed by atoms with Crippen molar-refractivity contribution in [1.29, 1.82) is 0 Å². The summed E-state index contributed by atoms with van der Waals surface area (Å²) in [6.45, 7) is 1.92. The maximum Gasteiger partial charge on any atom is 0.353 e. The minimum absolute atomic E-state index is 0.132. The van der Waals surface area contributed by atoms with Gasteiger partial charge in [-0.25, -0.2) is 9.97 Å². The van der Waals surface area contributed by atoms with Gasteiger partial charge in [0, 0.05) is 16.8 Å². The van der Waals surface area contributed by atoms with E-state index in [1.165, 1.54) is 6.33 Å². The van der Waals surface area contributed by atoms with Gasteiger partial charge in [0.05, 0.1) is 4.92 Å². The van der Waals surface area contributed by atoms with Gasteiger partial charge >= 0.3 is 5.69 Å². The lowest BCUT2D eigenvalue weighted by Crippen LogP contribution is -2.06. The summed E-state index contributed by atoms with van der Waals surface area (Å²) in [5, 5.41) is 20.0. The molecule has 0 amide bonds. The van der Waals surface area contributed by atoms with E-state index in [9.17, 15) is 10.1 Å². The number of hydrogen-bond acceptors (Lipinski definition) is 6. The monoisotopic (exact) mass is 371 g/mol. The summed E-state index contributed by atoms with van der Waals surface area (Å²) < 4.78 is 0. The van der Waals surface area contributed by atoms with Crippen LogP contribution >= 0.6 is 0 Å². The number of nitro groups is 1. The Hall–Kier alpha value is -4.00. The molecule has 0 saturated heterocycles. The van der Waals surface area contributed by atoms with Crippen LogP contribution in [0.3, 0.4) is 0 Å². The maximum atomic E-state index is 11.8. The molecule has 0 spiro atoms. The summed E-state index contributed by atoms with van der Waals surface area (Å²) in [4.78, 5) is 19.6. The van der Waals surface area contributed by atoms with Crippen molar-refractivity contribution in [2.45, 2.75) is 6.92 Å². The molecular formula is C21H17N5O2. The average molecular weight is 371 g/mol. The zero-order valence-corrected chi connectivity index (χ0v) is 15.1. The van der Waals surface area contributed by atoms with Crippen molar-refractivity contribution in [2.75, 3.05) is 10.6 Å². The summed E-state index contributed by atoms with van der Waals surface area (Å²) in [7, 11) is 0. The quantitative estimate of drug-likeness (QED) is 0.364. The molecule has 0 bridgehead atoms. The first-order valence-corrected chi connectivity index (χ1v) is 8.70. The van der Waals surface area contributed by atoms with Crippen molar-refractivity contribution in [3.8, 4) is 0 Å². The lowest BCUT2D eigenvalue weighted by molar-refractivity contribution is -0.383. The minimum Gasteiger partial charge on any atom is -0.334 e. The van der Waals surface area contributed by atoms with Gasteiger partial charge < -0.3 is 10.6 Å². The largest absolute Gasteiger partial charge is 0.353 e. The Bertz CT molecular complexity index is 1170. The molecular weight excluding hydrogens is 354 g/mol. The van der Waals surface area contributed by atoms with Gasteiger partial charge in [0.1, 0.15) is 6.33 Å². The summed E-state index contributed by atoms with van der Waals surface area (Å²) in [6, 6.07) is 21.1. The van der Waals surface area contributed by atoms with Crippen LogP contribution in [-0.2, 0) is 0 Å². The van der Waals surface area contributed by atoms with E-state index in [1.54, 1.807) is 0 Å². The van der Waals surface area contributed by atoms with Crippen LogP contribution in [-0.4, -0.2) is 14.9 Å². The number of fused-ring (bicyclic) bond motifs is 1. The molecule has 0 atom stereocenters. The molecule has 2 N–H and O–H groups in total. The van der Waals surface area contributed by atoms with Gasteiger partial charge in [-0.05, 0) is 30.0 Å². The van der Waals surface area contributed by atoms with E-state index in [1.807, 2.05) is 73.7 Å². The van der Waals surface area contributed by atoms with E-state index in [0.717, 1.165) is 27.7 Å². The van der Waals surface area contributed by atoms with Crippen molar-refractivity contribution in [1.82, 2.24) is 9.97 Å². The Morgan fingerprint density at radius 3 is 2.18 bits per heavy atom. The molecule has 4 rings (SSSR count). The highest BCUT2D eigenvalue weighted by molar-refractivity contribution is 5.96. The molecule has 4 aromatic rings. The molecule has 1 heterocycles. The Morgan fingerprint density at radius 1 is 0.821 bits per heavy atom. The average Bonchev–Trinajstić information content (AvgIpc) is 2.70. The van der Waals surface area contributed by atoms with Crippen LogP contribution in [0.1, 0.15) is 5.56 Å². The number of aryl methyl sites for hydroxylation is 1. The Kier molecular flexibility index (Phi) is 4.55. The molecule has 138 valence electrons. The molecule has 0 unspecified atom stereocenters. The first kappa shape index (κ1) is 17.4. The van der Waals surface area contributed by atoms with Crippen molar-refractivity contribution in [2.24, 2.45) is 0 Å². The van der Waals surface area contributed by atoms with Crippen LogP contribution in [0.2, 0.25) is 0 Å². The molecule has 0 saturated carbocycles. The lowest BCUT2D eigenvalue weighted by atomic mass is 10.1. The van der Waals surface area contributed by atoms with Crippen LogP contribution in [0.15, 0.2) is 73.1 Å². The highest BCUT2D eigenvalue weighted by Crippen LogP contribution is 2.35. The number of nitrogens with zero attached hydrogens (tertiary/aromatic N) is 3. The van der Waals surface area contributed by atoms with Gasteiger partial charge in [-0.3, -0.25) is 10.1 Å². The predicted molar refractivity (Wildman–Crippen MR) is 110 cm³/mol. The molecule has 0 fully saturated rings. The smallest absolute Gasteiger partial charge is 0.334 e. The number of aromatic nitrogens is 2. The summed E-state index contributed by atoms with van der Waals surface area (Å²) in [6.07, 6.45) is 1.31. The molecule has 1 aromatic heterocycles. The molecule has 0 aliphatic heterocycles. The standard InChI is InChI=1S/C21H17N5O2/c1-14-7-2-5-11-17(14)24-20-19(26(27)28)21(23-13-22-20)25-18-12-6-9-15-8-3-4-10-16(15)18/h2-13H,1H3,(H2,22,23,24,25). The van der Waals surface area contributed by atoms with Crippen LogP contribution in [0.5, 0.6) is 0 Å². The maximum absolute atomic E-state index is 11.8. The first-order valence-electron chi connectivity index (χ1n) is 8.70. The van der Waals surface area contributed by atoms with Crippen molar-refractivity contribution in [3.63, 3.8) is 0 Å². The van der Waals surface area contributed by atoms with Gasteiger partial charge in [-0.15, -0.1) is 0 Å². The highest BCUT2D eigenvalue weighted by Gasteiger charge is 2.24. The molecule has 3 aromatic carbocycles. The summed E-state index contributed by atoms with van der Waals surface area (Å²) in [5.41, 5.74) is 2.24. The SMILES string of the molecule is Cc1ccccc1Nc1ncnc(Nc2cccc3ccccc23)c1[N+](=O)[O-]. The van der Waals surface area contributed by atoms with Crippen LogP contribution in [0, 0.1) is 17.0 Å². The van der Waals surface area contributed by atoms with E-state index >= 15 is 0 Å². The molecule has 7 nitrogen and oxygen atoms in total. The van der Waals surface area contributed by atoms with Crippen molar-refractivity contribution >= 4 is 39.5 Å². The first-order chi connectivity index (χ1) is 13.6. The van der Waals surface area contributed by atoms with E-state index < -0.39 is 4.92 Å². The second-order valence-corrected chi connectivity index (χ2v) is 6.27. The number of nitrogens with one attached hydrogen (secondary N) is 2. The number of hydrogen-bond donors (Lipinski definition) is 2. The topological polar surface area (TPSA) is 93.0 Å². The second kappa shape index (κ2) is 7.32. The molecule has 0 radical (unpaired) electrons. The molecule has 28 heavy (non-hydrogen) atoms. The fraction of sp³-hybridized carbons (Fsp3) is 0.0476. The number of rotatable bonds is 5. The predicted octanol–water partition coefficient (Wildman–Crippen LogP) is 5.33.